The van der Waals surface area contributed by atoms with Crippen LogP contribution in [0.5, 0.6) is 0 Å². The lowest BCUT2D eigenvalue weighted by molar-refractivity contribution is -0.304. The zero-order chi connectivity index (χ0) is 25.9. The number of hydrogen-bond donors (Lipinski definition) is 2. The summed E-state index contributed by atoms with van der Waals surface area (Å²) in [5.41, 5.74) is 1.61. The topological polar surface area (TPSA) is 74.9 Å². The number of aliphatic hydroxyl groups excluding tert-OH is 1. The number of rotatable bonds is 8. The summed E-state index contributed by atoms with van der Waals surface area (Å²) in [6.07, 6.45) is 1.46. The third-order valence-corrected chi connectivity index (χ3v) is 6.95. The Labute approximate surface area is 211 Å². The van der Waals surface area contributed by atoms with Gasteiger partial charge in [-0.2, -0.15) is 0 Å². The average Bonchev–Trinajstić information content (AvgIpc) is 2.85. The van der Waals surface area contributed by atoms with Crippen LogP contribution in [-0.4, -0.2) is 44.9 Å². The van der Waals surface area contributed by atoms with Gasteiger partial charge in [-0.1, -0.05) is 54.6 Å². The van der Waals surface area contributed by atoms with E-state index in [2.05, 4.69) is 0 Å². The van der Waals surface area contributed by atoms with Crippen molar-refractivity contribution in [2.45, 2.75) is 63.8 Å². The molecule has 4 rings (SSSR count). The van der Waals surface area contributed by atoms with Gasteiger partial charge in [0.25, 0.3) is 5.56 Å². The van der Waals surface area contributed by atoms with Crippen LogP contribution in [0.3, 0.4) is 0 Å². The number of aromatic nitrogens is 1. The van der Waals surface area contributed by atoms with Gasteiger partial charge in [0.15, 0.2) is 0 Å². The molecule has 2 aromatic carbocycles. The minimum absolute atomic E-state index is 0.0527. The number of benzene rings is 2. The lowest BCUT2D eigenvalue weighted by Crippen LogP contribution is -2.53. The van der Waals surface area contributed by atoms with E-state index in [0.717, 1.165) is 22.3 Å². The molecule has 7 heteroatoms. The first kappa shape index (κ1) is 26.2. The molecule has 3 aromatic rings. The van der Waals surface area contributed by atoms with Crippen molar-refractivity contribution in [3.8, 4) is 11.1 Å². The van der Waals surface area contributed by atoms with Gasteiger partial charge >= 0.3 is 0 Å². The van der Waals surface area contributed by atoms with Gasteiger partial charge in [-0.3, -0.25) is 4.79 Å². The number of alkyl halides is 1. The summed E-state index contributed by atoms with van der Waals surface area (Å²) >= 11 is 0. The van der Waals surface area contributed by atoms with Crippen LogP contribution in [-0.2, 0) is 16.9 Å². The maximum Gasteiger partial charge on any atom is 0.251 e. The predicted molar refractivity (Wildman–Crippen MR) is 138 cm³/mol. The van der Waals surface area contributed by atoms with Crippen molar-refractivity contribution in [2.24, 2.45) is 0 Å². The Morgan fingerprint density at radius 3 is 2.39 bits per heavy atom. The van der Waals surface area contributed by atoms with Crippen LogP contribution in [0.2, 0.25) is 0 Å². The fraction of sp³-hybridized carbons (Fsp3) is 0.414. The van der Waals surface area contributed by atoms with E-state index in [1.165, 1.54) is 10.6 Å². The highest BCUT2D eigenvalue weighted by atomic mass is 19.1. The Kier molecular flexibility index (Phi) is 7.76. The van der Waals surface area contributed by atoms with Crippen molar-refractivity contribution in [3.63, 3.8) is 0 Å². The normalized spacial score (nSPS) is 21.9. The Morgan fingerprint density at radius 2 is 1.81 bits per heavy atom. The first-order chi connectivity index (χ1) is 17.1. The van der Waals surface area contributed by atoms with Crippen LogP contribution in [0, 0.1) is 0 Å². The van der Waals surface area contributed by atoms with Crippen molar-refractivity contribution < 1.29 is 19.3 Å². The van der Waals surface area contributed by atoms with E-state index >= 15 is 0 Å². The zero-order valence-electron chi connectivity index (χ0n) is 21.1. The molecule has 0 bridgehead atoms. The second-order valence-corrected chi connectivity index (χ2v) is 10.2. The summed E-state index contributed by atoms with van der Waals surface area (Å²) in [5, 5.41) is 21.7. The summed E-state index contributed by atoms with van der Waals surface area (Å²) in [6.45, 7) is 5.59. The predicted octanol–water partition coefficient (Wildman–Crippen LogP) is 4.60. The number of halogens is 1. The molecule has 0 amide bonds. The number of aliphatic hydroxyl groups is 2. The first-order valence-corrected chi connectivity index (χ1v) is 12.4. The van der Waals surface area contributed by atoms with Crippen LogP contribution in [0.4, 0.5) is 4.39 Å². The van der Waals surface area contributed by atoms with Gasteiger partial charge in [-0.15, -0.1) is 0 Å². The molecule has 1 aromatic heterocycles. The molecule has 1 unspecified atom stereocenters. The maximum absolute atomic E-state index is 12.6. The molecule has 36 heavy (non-hydrogen) atoms. The summed E-state index contributed by atoms with van der Waals surface area (Å²) in [6, 6.07) is 20.8. The largest absolute Gasteiger partial charge is 0.390 e. The standard InChI is InChI=1S/C29H35FN2O4/c1-21(22-9-11-23(12-10-22)24-13-16-31(18-15-30)26(33)19-24)32-17-14-29(36-27(32)34,20-28(2,3)35)25-7-5-4-6-8-25/h4-13,16,19,21,27,34-35H,14-15,17-18,20H2,1-3H3/t21-,27?,29-/m0/s1. The highest BCUT2D eigenvalue weighted by Gasteiger charge is 2.45. The van der Waals surface area contributed by atoms with Crippen molar-refractivity contribution in [3.05, 3.63) is 94.4 Å². The number of ether oxygens (including phenoxy) is 1. The average molecular weight is 495 g/mol. The van der Waals surface area contributed by atoms with Crippen molar-refractivity contribution in [1.29, 1.82) is 0 Å². The smallest absolute Gasteiger partial charge is 0.251 e. The van der Waals surface area contributed by atoms with E-state index in [-0.39, 0.29) is 18.1 Å². The Morgan fingerprint density at radius 1 is 1.11 bits per heavy atom. The summed E-state index contributed by atoms with van der Waals surface area (Å²) in [5.74, 6) is 0. The fourth-order valence-corrected chi connectivity index (χ4v) is 5.13. The minimum Gasteiger partial charge on any atom is -0.390 e. The molecule has 0 radical (unpaired) electrons. The van der Waals surface area contributed by atoms with E-state index in [9.17, 15) is 19.4 Å². The van der Waals surface area contributed by atoms with E-state index in [1.807, 2.05) is 72.5 Å². The van der Waals surface area contributed by atoms with Crippen molar-refractivity contribution in [2.75, 3.05) is 13.2 Å². The summed E-state index contributed by atoms with van der Waals surface area (Å²) in [7, 11) is 0. The highest BCUT2D eigenvalue weighted by Crippen LogP contribution is 2.43. The second-order valence-electron chi connectivity index (χ2n) is 10.2. The van der Waals surface area contributed by atoms with Crippen LogP contribution in [0.15, 0.2) is 77.7 Å². The molecular weight excluding hydrogens is 459 g/mol. The molecule has 0 spiro atoms. The Hall–Kier alpha value is -2.84. The number of pyridine rings is 1. The fourth-order valence-electron chi connectivity index (χ4n) is 5.13. The van der Waals surface area contributed by atoms with Crippen LogP contribution < -0.4 is 5.56 Å². The van der Waals surface area contributed by atoms with Gasteiger partial charge in [-0.05, 0) is 55.5 Å². The van der Waals surface area contributed by atoms with E-state index in [1.54, 1.807) is 20.0 Å². The van der Waals surface area contributed by atoms with Gasteiger partial charge in [0.1, 0.15) is 12.3 Å². The molecule has 2 N–H and O–H groups in total. The maximum atomic E-state index is 12.6. The molecular formula is C29H35FN2O4. The lowest BCUT2D eigenvalue weighted by Gasteiger charge is -2.48. The molecule has 6 nitrogen and oxygen atoms in total. The van der Waals surface area contributed by atoms with Crippen LogP contribution in [0.1, 0.15) is 50.8 Å². The minimum atomic E-state index is -1.14. The number of aryl methyl sites for hydroxylation is 1. The molecule has 0 saturated carbocycles. The monoisotopic (exact) mass is 494 g/mol. The molecule has 2 heterocycles. The van der Waals surface area contributed by atoms with Gasteiger partial charge in [-0.25, -0.2) is 9.29 Å². The molecule has 1 saturated heterocycles. The second kappa shape index (κ2) is 10.6. The van der Waals surface area contributed by atoms with E-state index in [0.29, 0.717) is 19.4 Å². The molecule has 192 valence electrons. The lowest BCUT2D eigenvalue weighted by atomic mass is 9.80. The SMILES string of the molecule is C[C@@H](c1ccc(-c2ccn(CCF)c(=O)c2)cc1)N1CC[C@](CC(C)(C)O)(c2ccccc2)OC1O. The quantitative estimate of drug-likeness (QED) is 0.479. The van der Waals surface area contributed by atoms with Crippen LogP contribution >= 0.6 is 0 Å². The van der Waals surface area contributed by atoms with Gasteiger partial charge in [0, 0.05) is 31.3 Å². The van der Waals surface area contributed by atoms with Gasteiger partial charge < -0.3 is 19.5 Å². The Bertz CT molecular complexity index is 1210. The summed E-state index contributed by atoms with van der Waals surface area (Å²) < 4.78 is 20.2. The first-order valence-electron chi connectivity index (χ1n) is 12.4. The summed E-state index contributed by atoms with van der Waals surface area (Å²) in [4.78, 5) is 14.1. The molecule has 1 aliphatic rings. The number of hydrogen-bond acceptors (Lipinski definition) is 5. The molecule has 1 aliphatic heterocycles. The zero-order valence-corrected chi connectivity index (χ0v) is 21.1. The van der Waals surface area contributed by atoms with Gasteiger partial charge in [0.2, 0.25) is 6.41 Å². The van der Waals surface area contributed by atoms with E-state index in [4.69, 9.17) is 4.74 Å². The molecule has 0 aliphatic carbocycles. The van der Waals surface area contributed by atoms with Crippen molar-refractivity contribution >= 4 is 0 Å². The van der Waals surface area contributed by atoms with Gasteiger partial charge in [0.05, 0.1) is 12.1 Å². The van der Waals surface area contributed by atoms with E-state index < -0.39 is 24.3 Å². The highest BCUT2D eigenvalue weighted by molar-refractivity contribution is 5.63. The molecule has 3 atom stereocenters. The third kappa shape index (κ3) is 5.76. The number of nitrogens with zero attached hydrogens (tertiary/aromatic N) is 2. The third-order valence-electron chi connectivity index (χ3n) is 6.95. The van der Waals surface area contributed by atoms with Crippen molar-refractivity contribution in [1.82, 2.24) is 9.47 Å². The molecule has 1 fully saturated rings. The Balaban J connectivity index is 1.51. The van der Waals surface area contributed by atoms with Crippen LogP contribution in [0.25, 0.3) is 11.1 Å².